The van der Waals surface area contributed by atoms with Crippen molar-refractivity contribution < 1.29 is 19.0 Å². The lowest BCUT2D eigenvalue weighted by Gasteiger charge is -2.32. The van der Waals surface area contributed by atoms with E-state index in [1.807, 2.05) is 43.3 Å². The number of H-pyrrole nitrogens is 1. The molecule has 7 nitrogen and oxygen atoms in total. The van der Waals surface area contributed by atoms with Gasteiger partial charge in [-0.1, -0.05) is 6.92 Å². The molecule has 164 valence electrons. The van der Waals surface area contributed by atoms with Crippen LogP contribution in [0.1, 0.15) is 19.4 Å². The van der Waals surface area contributed by atoms with Crippen LogP contribution in [0.25, 0.3) is 22.2 Å². The molecule has 4 rings (SSSR count). The van der Waals surface area contributed by atoms with Crippen LogP contribution in [-0.4, -0.2) is 55.9 Å². The Morgan fingerprint density at radius 1 is 1.13 bits per heavy atom. The smallest absolute Gasteiger partial charge is 0.415 e. The minimum Gasteiger partial charge on any atom is -0.493 e. The summed E-state index contributed by atoms with van der Waals surface area (Å²) in [4.78, 5) is 18.0. The van der Waals surface area contributed by atoms with E-state index in [0.717, 1.165) is 47.2 Å². The van der Waals surface area contributed by atoms with E-state index in [1.165, 1.54) is 0 Å². The van der Waals surface area contributed by atoms with Crippen molar-refractivity contribution in [2.45, 2.75) is 26.3 Å². The van der Waals surface area contributed by atoms with Gasteiger partial charge in [0, 0.05) is 47.8 Å². The number of amides is 1. The van der Waals surface area contributed by atoms with Gasteiger partial charge in [-0.25, -0.2) is 4.79 Å². The summed E-state index contributed by atoms with van der Waals surface area (Å²) >= 11 is 0. The highest BCUT2D eigenvalue weighted by Gasteiger charge is 2.25. The highest BCUT2D eigenvalue weighted by Crippen LogP contribution is 2.37. The molecule has 0 spiro atoms. The summed E-state index contributed by atoms with van der Waals surface area (Å²) in [6.45, 7) is 6.35. The maximum atomic E-state index is 12.7. The van der Waals surface area contributed by atoms with Crippen LogP contribution in [0.2, 0.25) is 0 Å². The number of hydrogen-bond acceptors (Lipinski definition) is 5. The fraction of sp³-hybridized carbons (Fsp3) is 0.375. The predicted octanol–water partition coefficient (Wildman–Crippen LogP) is 4.21. The molecule has 1 aliphatic heterocycles. The van der Waals surface area contributed by atoms with E-state index in [9.17, 15) is 4.79 Å². The fourth-order valence-corrected chi connectivity index (χ4v) is 4.17. The Labute approximate surface area is 182 Å². The molecule has 3 aromatic rings. The van der Waals surface area contributed by atoms with Gasteiger partial charge in [-0.3, -0.25) is 0 Å². The third-order valence-electron chi connectivity index (χ3n) is 5.84. The highest BCUT2D eigenvalue weighted by atomic mass is 16.6. The van der Waals surface area contributed by atoms with Gasteiger partial charge in [-0.05, 0) is 55.3 Å². The molecule has 1 aromatic heterocycles. The van der Waals surface area contributed by atoms with Gasteiger partial charge in [0.05, 0.1) is 14.2 Å². The molecule has 1 amide bonds. The topological polar surface area (TPSA) is 75.8 Å². The monoisotopic (exact) mass is 423 g/mol. The van der Waals surface area contributed by atoms with Crippen molar-refractivity contribution in [3.8, 4) is 28.5 Å². The van der Waals surface area contributed by atoms with E-state index >= 15 is 0 Å². The number of aromatic amines is 1. The van der Waals surface area contributed by atoms with Crippen LogP contribution in [0, 0.1) is 0 Å². The number of nitrogens with zero attached hydrogens (tertiary/aromatic N) is 1. The zero-order chi connectivity index (χ0) is 22.0. The predicted molar refractivity (Wildman–Crippen MR) is 121 cm³/mol. The second-order valence-electron chi connectivity index (χ2n) is 7.72. The van der Waals surface area contributed by atoms with Crippen molar-refractivity contribution in [3.63, 3.8) is 0 Å². The van der Waals surface area contributed by atoms with E-state index in [0.29, 0.717) is 23.8 Å². The number of methoxy groups -OCH3 is 2. The Balaban J connectivity index is 1.67. The molecule has 1 aliphatic rings. The number of carbonyl (C=O) groups is 1. The van der Waals surface area contributed by atoms with Gasteiger partial charge in [-0.15, -0.1) is 0 Å². The summed E-state index contributed by atoms with van der Waals surface area (Å²) in [5.41, 5.74) is 4.20. The van der Waals surface area contributed by atoms with Crippen molar-refractivity contribution >= 4 is 17.0 Å². The lowest BCUT2D eigenvalue weighted by Crippen LogP contribution is -2.53. The minimum absolute atomic E-state index is 0.111. The number of nitrogens with one attached hydrogen (secondary N) is 2. The molecular weight excluding hydrogens is 394 g/mol. The number of aryl methyl sites for hydroxylation is 1. The summed E-state index contributed by atoms with van der Waals surface area (Å²) < 4.78 is 16.6. The first-order valence-electron chi connectivity index (χ1n) is 10.6. The first-order valence-corrected chi connectivity index (χ1v) is 10.6. The molecule has 0 saturated carbocycles. The summed E-state index contributed by atoms with van der Waals surface area (Å²) in [6.07, 6.45) is 0.526. The average Bonchev–Trinajstić information content (AvgIpc) is 3.16. The quantitative estimate of drug-likeness (QED) is 0.643. The normalized spacial score (nSPS) is 16.4. The maximum absolute atomic E-state index is 12.7. The van der Waals surface area contributed by atoms with Crippen LogP contribution >= 0.6 is 0 Å². The first kappa shape index (κ1) is 21.1. The number of piperazine rings is 1. The van der Waals surface area contributed by atoms with E-state index in [-0.39, 0.29) is 12.1 Å². The van der Waals surface area contributed by atoms with Crippen molar-refractivity contribution in [3.05, 3.63) is 42.0 Å². The summed E-state index contributed by atoms with van der Waals surface area (Å²) in [5, 5.41) is 4.33. The molecule has 1 fully saturated rings. The third-order valence-corrected chi connectivity index (χ3v) is 5.84. The molecule has 2 heterocycles. The van der Waals surface area contributed by atoms with Crippen molar-refractivity contribution in [2.24, 2.45) is 0 Å². The Morgan fingerprint density at radius 3 is 2.65 bits per heavy atom. The van der Waals surface area contributed by atoms with E-state index in [2.05, 4.69) is 17.2 Å². The van der Waals surface area contributed by atoms with E-state index < -0.39 is 0 Å². The molecule has 31 heavy (non-hydrogen) atoms. The zero-order valence-electron chi connectivity index (χ0n) is 18.5. The molecule has 7 heteroatoms. The highest BCUT2D eigenvalue weighted by molar-refractivity contribution is 5.92. The lowest BCUT2D eigenvalue weighted by molar-refractivity contribution is 0.124. The lowest BCUT2D eigenvalue weighted by atomic mass is 10.0. The fourth-order valence-electron chi connectivity index (χ4n) is 4.17. The first-order chi connectivity index (χ1) is 15.0. The Kier molecular flexibility index (Phi) is 6.04. The molecule has 0 bridgehead atoms. The molecule has 2 N–H and O–H groups in total. The minimum atomic E-state index is -0.304. The van der Waals surface area contributed by atoms with Crippen LogP contribution in [0.15, 0.2) is 36.4 Å². The number of carbonyl (C=O) groups excluding carboxylic acids is 1. The molecule has 1 saturated heterocycles. The number of aromatic nitrogens is 1. The summed E-state index contributed by atoms with van der Waals surface area (Å²) in [6, 6.07) is 11.7. The molecule has 0 radical (unpaired) electrons. The maximum Gasteiger partial charge on any atom is 0.415 e. The second-order valence-corrected chi connectivity index (χ2v) is 7.72. The number of ether oxygens (including phenoxy) is 3. The van der Waals surface area contributed by atoms with E-state index in [1.54, 1.807) is 19.1 Å². The van der Waals surface area contributed by atoms with Gasteiger partial charge in [0.25, 0.3) is 0 Å². The number of rotatable bonds is 5. The van der Waals surface area contributed by atoms with Crippen LogP contribution in [0.5, 0.6) is 17.2 Å². The van der Waals surface area contributed by atoms with E-state index in [4.69, 9.17) is 14.2 Å². The number of fused-ring (bicyclic) bond motifs is 1. The summed E-state index contributed by atoms with van der Waals surface area (Å²) in [5.74, 6) is 1.92. The second kappa shape index (κ2) is 8.89. The summed E-state index contributed by atoms with van der Waals surface area (Å²) in [7, 11) is 3.26. The largest absolute Gasteiger partial charge is 0.493 e. The standard InChI is InChI=1S/C24H29N3O4/c1-5-18-19-13-17(31-24(28)27-11-10-25-14-15(27)2)7-8-20(19)26-23(18)16-6-9-21(29-3)22(12-16)30-4/h6-9,12-13,15,25-26H,5,10-11,14H2,1-4H3. The Hall–Kier alpha value is -3.19. The van der Waals surface area contributed by atoms with Crippen LogP contribution in [0.3, 0.4) is 0 Å². The van der Waals surface area contributed by atoms with Crippen LogP contribution in [0.4, 0.5) is 4.79 Å². The van der Waals surface area contributed by atoms with Crippen LogP contribution < -0.4 is 19.5 Å². The number of hydrogen-bond donors (Lipinski definition) is 2. The molecule has 0 aliphatic carbocycles. The van der Waals surface area contributed by atoms with Crippen LogP contribution in [-0.2, 0) is 6.42 Å². The molecular formula is C24H29N3O4. The van der Waals surface area contributed by atoms with Gasteiger partial charge in [-0.2, -0.15) is 0 Å². The van der Waals surface area contributed by atoms with Gasteiger partial charge >= 0.3 is 6.09 Å². The zero-order valence-corrected chi connectivity index (χ0v) is 18.5. The number of benzene rings is 2. The third kappa shape index (κ3) is 4.05. The SMILES string of the molecule is CCc1c(-c2ccc(OC)c(OC)c2)[nH]c2ccc(OC(=O)N3CCNCC3C)cc12. The van der Waals surface area contributed by atoms with Gasteiger partial charge < -0.3 is 29.4 Å². The molecule has 1 unspecified atom stereocenters. The van der Waals surface area contributed by atoms with Crippen molar-refractivity contribution in [1.82, 2.24) is 15.2 Å². The van der Waals surface area contributed by atoms with Gasteiger partial charge in [0.15, 0.2) is 11.5 Å². The molecule has 2 aromatic carbocycles. The van der Waals surface area contributed by atoms with Crippen molar-refractivity contribution in [2.75, 3.05) is 33.9 Å². The Bertz CT molecular complexity index is 1090. The van der Waals surface area contributed by atoms with Crippen molar-refractivity contribution in [1.29, 1.82) is 0 Å². The molecule has 1 atom stereocenters. The average molecular weight is 424 g/mol. The van der Waals surface area contributed by atoms with Gasteiger partial charge in [0.2, 0.25) is 0 Å². The Morgan fingerprint density at radius 2 is 1.94 bits per heavy atom. The van der Waals surface area contributed by atoms with Gasteiger partial charge in [0.1, 0.15) is 5.75 Å².